The molecule has 0 spiro atoms. The van der Waals surface area contributed by atoms with Crippen molar-refractivity contribution in [1.29, 1.82) is 0 Å². The number of aryl methyl sites for hydroxylation is 1. The van der Waals surface area contributed by atoms with Crippen molar-refractivity contribution >= 4 is 35.8 Å². The van der Waals surface area contributed by atoms with Crippen LogP contribution < -0.4 is 5.32 Å². The number of aliphatic imine (C=N–C) groups is 1. The molecular formula is C23H38IN5O. The average Bonchev–Trinajstić information content (AvgIpc) is 2.74. The summed E-state index contributed by atoms with van der Waals surface area (Å²) in [4.78, 5) is 23.3. The predicted octanol–water partition coefficient (Wildman–Crippen LogP) is 2.95. The first-order valence-corrected chi connectivity index (χ1v) is 11.1. The van der Waals surface area contributed by atoms with Crippen molar-refractivity contribution in [3.05, 3.63) is 35.4 Å². The summed E-state index contributed by atoms with van der Waals surface area (Å²) in [6.45, 7) is 14.3. The van der Waals surface area contributed by atoms with Crippen LogP contribution in [0.15, 0.2) is 29.3 Å². The van der Waals surface area contributed by atoms with Crippen LogP contribution in [0.5, 0.6) is 0 Å². The Morgan fingerprint density at radius 3 is 2.20 bits per heavy atom. The van der Waals surface area contributed by atoms with Gasteiger partial charge in [0.15, 0.2) is 5.96 Å². The molecule has 3 rings (SSSR count). The number of guanidine groups is 1. The van der Waals surface area contributed by atoms with Crippen molar-refractivity contribution in [1.82, 2.24) is 20.0 Å². The van der Waals surface area contributed by atoms with Crippen molar-refractivity contribution in [3.8, 4) is 0 Å². The van der Waals surface area contributed by atoms with Crippen molar-refractivity contribution in [3.63, 3.8) is 0 Å². The molecule has 0 unspecified atom stereocenters. The second-order valence-electron chi connectivity index (χ2n) is 8.39. The molecule has 0 aliphatic carbocycles. The molecule has 7 heteroatoms. The number of amides is 1. The molecule has 2 aliphatic heterocycles. The summed E-state index contributed by atoms with van der Waals surface area (Å²) in [6.07, 6.45) is 2.43. The third kappa shape index (κ3) is 7.41. The quantitative estimate of drug-likeness (QED) is 0.364. The molecule has 2 heterocycles. The molecule has 0 atom stereocenters. The van der Waals surface area contributed by atoms with E-state index < -0.39 is 0 Å². The van der Waals surface area contributed by atoms with E-state index >= 15 is 0 Å². The zero-order valence-electron chi connectivity index (χ0n) is 18.8. The normalized spacial score (nSPS) is 18.8. The van der Waals surface area contributed by atoms with Crippen LogP contribution >= 0.6 is 24.0 Å². The van der Waals surface area contributed by atoms with Gasteiger partial charge in [0, 0.05) is 52.7 Å². The maximum atomic E-state index is 11.5. The molecule has 1 aromatic carbocycles. The van der Waals surface area contributed by atoms with Gasteiger partial charge in [0.25, 0.3) is 0 Å². The Labute approximate surface area is 199 Å². The lowest BCUT2D eigenvalue weighted by Gasteiger charge is -2.36. The van der Waals surface area contributed by atoms with Gasteiger partial charge in [0.2, 0.25) is 5.91 Å². The van der Waals surface area contributed by atoms with E-state index in [4.69, 9.17) is 4.99 Å². The molecule has 0 radical (unpaired) electrons. The fraction of sp³-hybridized carbons (Fsp3) is 0.652. The van der Waals surface area contributed by atoms with E-state index in [1.807, 2.05) is 4.90 Å². The third-order valence-electron chi connectivity index (χ3n) is 6.09. The zero-order chi connectivity index (χ0) is 20.6. The first-order valence-electron chi connectivity index (χ1n) is 11.1. The lowest BCUT2D eigenvalue weighted by molar-refractivity contribution is -0.130. The van der Waals surface area contributed by atoms with Gasteiger partial charge in [-0.15, -0.1) is 24.0 Å². The predicted molar refractivity (Wildman–Crippen MR) is 134 cm³/mol. The first-order chi connectivity index (χ1) is 14.0. The fourth-order valence-corrected chi connectivity index (χ4v) is 4.15. The van der Waals surface area contributed by atoms with E-state index in [0.717, 1.165) is 64.9 Å². The molecule has 1 amide bonds. The van der Waals surface area contributed by atoms with Crippen LogP contribution in [0.2, 0.25) is 0 Å². The van der Waals surface area contributed by atoms with Gasteiger partial charge < -0.3 is 15.1 Å². The summed E-state index contributed by atoms with van der Waals surface area (Å²) in [5, 5.41) is 3.44. The van der Waals surface area contributed by atoms with Gasteiger partial charge in [-0.25, -0.2) is 0 Å². The zero-order valence-corrected chi connectivity index (χ0v) is 21.1. The number of nitrogens with zero attached hydrogens (tertiary/aromatic N) is 4. The number of rotatable bonds is 5. The van der Waals surface area contributed by atoms with Crippen molar-refractivity contribution in [2.45, 2.75) is 40.2 Å². The number of carbonyl (C=O) groups is 1. The number of piperidine rings is 1. The standard InChI is InChI=1S/C23H37N5O.HI/c1-4-24-23(28-15-13-27(14-16-28)20(3)29)25-17-21-9-11-26(12-10-21)18-22-7-5-19(2)6-8-22;/h5-8,21H,4,9-18H2,1-3H3,(H,24,25);1H. The van der Waals surface area contributed by atoms with Gasteiger partial charge in [-0.05, 0) is 51.3 Å². The number of likely N-dealkylation sites (tertiary alicyclic amines) is 1. The molecule has 1 N–H and O–H groups in total. The Hall–Kier alpha value is -1.35. The minimum atomic E-state index is 0. The highest BCUT2D eigenvalue weighted by Crippen LogP contribution is 2.20. The van der Waals surface area contributed by atoms with E-state index in [-0.39, 0.29) is 29.9 Å². The molecule has 168 valence electrons. The Morgan fingerprint density at radius 1 is 1.03 bits per heavy atom. The van der Waals surface area contributed by atoms with Gasteiger partial charge in [-0.1, -0.05) is 29.8 Å². The second-order valence-corrected chi connectivity index (χ2v) is 8.39. The Kier molecular flexibility index (Phi) is 10.4. The van der Waals surface area contributed by atoms with Crippen LogP contribution in [-0.4, -0.2) is 78.9 Å². The van der Waals surface area contributed by atoms with E-state index in [2.05, 4.69) is 53.2 Å². The summed E-state index contributed by atoms with van der Waals surface area (Å²) in [7, 11) is 0. The molecule has 2 saturated heterocycles. The number of halogens is 1. The van der Waals surface area contributed by atoms with Gasteiger partial charge in [0.1, 0.15) is 0 Å². The molecule has 1 aromatic rings. The van der Waals surface area contributed by atoms with Crippen molar-refractivity contribution < 1.29 is 4.79 Å². The van der Waals surface area contributed by atoms with E-state index in [1.54, 1.807) is 6.92 Å². The first kappa shape index (κ1) is 24.9. The van der Waals surface area contributed by atoms with Crippen LogP contribution in [0.3, 0.4) is 0 Å². The van der Waals surface area contributed by atoms with Crippen LogP contribution in [0.1, 0.15) is 37.8 Å². The molecular weight excluding hydrogens is 489 g/mol. The summed E-state index contributed by atoms with van der Waals surface area (Å²) >= 11 is 0. The topological polar surface area (TPSA) is 51.2 Å². The van der Waals surface area contributed by atoms with Crippen LogP contribution in [-0.2, 0) is 11.3 Å². The maximum absolute atomic E-state index is 11.5. The van der Waals surface area contributed by atoms with E-state index in [0.29, 0.717) is 5.92 Å². The van der Waals surface area contributed by atoms with Crippen LogP contribution in [0.25, 0.3) is 0 Å². The van der Waals surface area contributed by atoms with Crippen LogP contribution in [0.4, 0.5) is 0 Å². The van der Waals surface area contributed by atoms with Gasteiger partial charge in [-0.3, -0.25) is 14.7 Å². The van der Waals surface area contributed by atoms with Gasteiger partial charge in [0.05, 0.1) is 0 Å². The van der Waals surface area contributed by atoms with E-state index in [9.17, 15) is 4.79 Å². The summed E-state index contributed by atoms with van der Waals surface area (Å²) in [5.41, 5.74) is 2.73. The lowest BCUT2D eigenvalue weighted by atomic mass is 9.96. The monoisotopic (exact) mass is 527 g/mol. The number of carbonyl (C=O) groups excluding carboxylic acids is 1. The number of nitrogens with one attached hydrogen (secondary N) is 1. The van der Waals surface area contributed by atoms with E-state index in [1.165, 1.54) is 24.0 Å². The smallest absolute Gasteiger partial charge is 0.219 e. The summed E-state index contributed by atoms with van der Waals surface area (Å²) in [5.74, 6) is 1.85. The number of hydrogen-bond acceptors (Lipinski definition) is 3. The highest BCUT2D eigenvalue weighted by atomic mass is 127. The molecule has 6 nitrogen and oxygen atoms in total. The largest absolute Gasteiger partial charge is 0.357 e. The molecule has 2 fully saturated rings. The third-order valence-corrected chi connectivity index (χ3v) is 6.09. The average molecular weight is 527 g/mol. The minimum absolute atomic E-state index is 0. The van der Waals surface area contributed by atoms with Gasteiger partial charge in [-0.2, -0.15) is 0 Å². The molecule has 0 bridgehead atoms. The minimum Gasteiger partial charge on any atom is -0.357 e. The molecule has 0 saturated carbocycles. The lowest BCUT2D eigenvalue weighted by Crippen LogP contribution is -2.53. The number of piperazine rings is 1. The second kappa shape index (κ2) is 12.5. The summed E-state index contributed by atoms with van der Waals surface area (Å²) < 4.78 is 0. The number of hydrogen-bond donors (Lipinski definition) is 1. The maximum Gasteiger partial charge on any atom is 0.219 e. The number of benzene rings is 1. The highest BCUT2D eigenvalue weighted by Gasteiger charge is 2.22. The fourth-order valence-electron chi connectivity index (χ4n) is 4.15. The molecule has 2 aliphatic rings. The Balaban J connectivity index is 0.00000320. The van der Waals surface area contributed by atoms with Gasteiger partial charge >= 0.3 is 0 Å². The molecule has 30 heavy (non-hydrogen) atoms. The molecule has 0 aromatic heterocycles. The van der Waals surface area contributed by atoms with Crippen molar-refractivity contribution in [2.24, 2.45) is 10.9 Å². The summed E-state index contributed by atoms with van der Waals surface area (Å²) in [6, 6.07) is 8.91. The highest BCUT2D eigenvalue weighted by molar-refractivity contribution is 14.0. The van der Waals surface area contributed by atoms with Crippen LogP contribution in [0, 0.1) is 12.8 Å². The SMILES string of the molecule is CCNC(=NCC1CCN(Cc2ccc(C)cc2)CC1)N1CCN(C(C)=O)CC1.I. The Morgan fingerprint density at radius 2 is 1.63 bits per heavy atom. The Bertz CT molecular complexity index is 677. The van der Waals surface area contributed by atoms with Crippen molar-refractivity contribution in [2.75, 3.05) is 52.4 Å².